The van der Waals surface area contributed by atoms with E-state index in [1.165, 1.54) is 29.7 Å². The monoisotopic (exact) mass is 387 g/mol. The number of morpholine rings is 1. The highest BCUT2D eigenvalue weighted by molar-refractivity contribution is 7.16. The minimum absolute atomic E-state index is 0.189. The number of carbonyl (C=O) groups excluding carboxylic acids is 1. The molecular formula is C19H15F2N3O2S. The fourth-order valence-electron chi connectivity index (χ4n) is 2.92. The lowest BCUT2D eigenvalue weighted by molar-refractivity contribution is -0.0241. The number of rotatable bonds is 3. The van der Waals surface area contributed by atoms with Crippen LogP contribution in [-0.4, -0.2) is 40.5 Å². The van der Waals surface area contributed by atoms with E-state index in [4.69, 9.17) is 4.74 Å². The van der Waals surface area contributed by atoms with Crippen molar-refractivity contribution in [3.8, 4) is 10.7 Å². The van der Waals surface area contributed by atoms with E-state index in [0.717, 1.165) is 6.07 Å². The Morgan fingerprint density at radius 1 is 1.22 bits per heavy atom. The number of aromatic nitrogens is 2. The Morgan fingerprint density at radius 2 is 2.11 bits per heavy atom. The lowest BCUT2D eigenvalue weighted by Crippen LogP contribution is -2.42. The van der Waals surface area contributed by atoms with E-state index in [2.05, 4.69) is 9.97 Å². The van der Waals surface area contributed by atoms with Gasteiger partial charge >= 0.3 is 0 Å². The van der Waals surface area contributed by atoms with Crippen LogP contribution in [0.15, 0.2) is 48.8 Å². The van der Waals surface area contributed by atoms with Gasteiger partial charge in [0.05, 0.1) is 25.0 Å². The van der Waals surface area contributed by atoms with Gasteiger partial charge < -0.3 is 9.64 Å². The van der Waals surface area contributed by atoms with Crippen molar-refractivity contribution in [1.29, 1.82) is 0 Å². The average molecular weight is 387 g/mol. The van der Waals surface area contributed by atoms with Crippen LogP contribution < -0.4 is 0 Å². The number of hydrogen-bond acceptors (Lipinski definition) is 5. The smallest absolute Gasteiger partial charge is 0.265 e. The predicted octanol–water partition coefficient (Wildman–Crippen LogP) is 3.70. The standard InChI is InChI=1S/C19H15F2N3O2S/c20-12-4-5-13(14(21)9-12)16-11-24(7-8-26-16)19(25)17-10-23-18(27-17)15-3-1-2-6-22-15/h1-6,9-10,16H,7-8,11H2/t16-/m0/s1. The maximum Gasteiger partial charge on any atom is 0.265 e. The molecule has 2 aromatic heterocycles. The van der Waals surface area contributed by atoms with Crippen LogP contribution in [0.1, 0.15) is 21.3 Å². The summed E-state index contributed by atoms with van der Waals surface area (Å²) in [4.78, 5) is 23.4. The van der Waals surface area contributed by atoms with Gasteiger partial charge in [-0.15, -0.1) is 11.3 Å². The van der Waals surface area contributed by atoms with Crippen molar-refractivity contribution in [1.82, 2.24) is 14.9 Å². The van der Waals surface area contributed by atoms with Gasteiger partial charge in [0.1, 0.15) is 27.6 Å². The topological polar surface area (TPSA) is 55.3 Å². The van der Waals surface area contributed by atoms with Crippen molar-refractivity contribution < 1.29 is 18.3 Å². The Bertz CT molecular complexity index is 965. The lowest BCUT2D eigenvalue weighted by atomic mass is 10.1. The van der Waals surface area contributed by atoms with Crippen LogP contribution in [0.4, 0.5) is 8.78 Å². The average Bonchev–Trinajstić information content (AvgIpc) is 3.18. The molecule has 1 aliphatic heterocycles. The molecule has 0 saturated carbocycles. The van der Waals surface area contributed by atoms with E-state index < -0.39 is 17.7 Å². The molecule has 0 N–H and O–H groups in total. The van der Waals surface area contributed by atoms with E-state index in [0.29, 0.717) is 22.1 Å². The van der Waals surface area contributed by atoms with Gasteiger partial charge in [0.2, 0.25) is 0 Å². The molecule has 1 aromatic carbocycles. The third-order valence-electron chi connectivity index (χ3n) is 4.26. The molecule has 138 valence electrons. The minimum Gasteiger partial charge on any atom is -0.370 e. The van der Waals surface area contributed by atoms with Crippen molar-refractivity contribution in [2.75, 3.05) is 19.7 Å². The number of hydrogen-bond donors (Lipinski definition) is 0. The number of nitrogens with zero attached hydrogens (tertiary/aromatic N) is 3. The normalized spacial score (nSPS) is 17.1. The van der Waals surface area contributed by atoms with Crippen molar-refractivity contribution in [2.24, 2.45) is 0 Å². The van der Waals surface area contributed by atoms with Crippen molar-refractivity contribution in [2.45, 2.75) is 6.10 Å². The minimum atomic E-state index is -0.676. The van der Waals surface area contributed by atoms with Crippen LogP contribution in [0.2, 0.25) is 0 Å². The van der Waals surface area contributed by atoms with Crippen molar-refractivity contribution in [3.63, 3.8) is 0 Å². The molecular weight excluding hydrogens is 372 g/mol. The highest BCUT2D eigenvalue weighted by Gasteiger charge is 2.29. The van der Waals surface area contributed by atoms with Crippen LogP contribution in [0.25, 0.3) is 10.7 Å². The van der Waals surface area contributed by atoms with Gasteiger partial charge in [0.15, 0.2) is 0 Å². The number of carbonyl (C=O) groups is 1. The van der Waals surface area contributed by atoms with Gasteiger partial charge in [-0.3, -0.25) is 9.78 Å². The molecule has 0 unspecified atom stereocenters. The number of ether oxygens (including phenoxy) is 1. The Hall–Kier alpha value is -2.71. The molecule has 1 amide bonds. The van der Waals surface area contributed by atoms with Crippen LogP contribution in [0, 0.1) is 11.6 Å². The van der Waals surface area contributed by atoms with E-state index in [-0.39, 0.29) is 24.6 Å². The van der Waals surface area contributed by atoms with E-state index in [9.17, 15) is 13.6 Å². The Morgan fingerprint density at radius 3 is 2.89 bits per heavy atom. The maximum atomic E-state index is 14.0. The van der Waals surface area contributed by atoms with Gasteiger partial charge in [-0.05, 0) is 18.2 Å². The molecule has 4 rings (SSSR count). The molecule has 1 atom stereocenters. The number of halogens is 2. The second-order valence-corrected chi connectivity index (χ2v) is 7.05. The van der Waals surface area contributed by atoms with Crippen LogP contribution >= 0.6 is 11.3 Å². The fraction of sp³-hybridized carbons (Fsp3) is 0.211. The molecule has 0 radical (unpaired) electrons. The molecule has 0 aliphatic carbocycles. The second-order valence-electron chi connectivity index (χ2n) is 6.02. The Balaban J connectivity index is 1.51. The van der Waals surface area contributed by atoms with E-state index in [1.807, 2.05) is 18.2 Å². The third-order valence-corrected chi connectivity index (χ3v) is 5.27. The van der Waals surface area contributed by atoms with Crippen molar-refractivity contribution >= 4 is 17.2 Å². The molecule has 1 saturated heterocycles. The SMILES string of the molecule is O=C(c1cnc(-c2ccccn2)s1)N1CCO[C@H](c2ccc(F)cc2F)C1. The summed E-state index contributed by atoms with van der Waals surface area (Å²) in [6.45, 7) is 0.867. The summed E-state index contributed by atoms with van der Waals surface area (Å²) in [7, 11) is 0. The number of amides is 1. The summed E-state index contributed by atoms with van der Waals surface area (Å²) in [6.07, 6.45) is 2.56. The number of pyridine rings is 1. The van der Waals surface area contributed by atoms with Gasteiger partial charge in [0.25, 0.3) is 5.91 Å². The number of benzene rings is 1. The molecule has 0 bridgehead atoms. The Kier molecular flexibility index (Phi) is 4.91. The molecule has 3 aromatic rings. The van der Waals surface area contributed by atoms with Gasteiger partial charge in [-0.25, -0.2) is 13.8 Å². The summed E-state index contributed by atoms with van der Waals surface area (Å²) in [5, 5.41) is 0.660. The second kappa shape index (κ2) is 7.50. The highest BCUT2D eigenvalue weighted by Crippen LogP contribution is 2.28. The largest absolute Gasteiger partial charge is 0.370 e. The molecule has 3 heterocycles. The van der Waals surface area contributed by atoms with Crippen LogP contribution in [0.3, 0.4) is 0 Å². The first-order chi connectivity index (χ1) is 13.1. The summed E-state index contributed by atoms with van der Waals surface area (Å²) in [5.74, 6) is -1.51. The number of thiazole rings is 1. The predicted molar refractivity (Wildman–Crippen MR) is 96.3 cm³/mol. The Labute approximate surface area is 158 Å². The molecule has 1 aliphatic rings. The molecule has 8 heteroatoms. The first-order valence-electron chi connectivity index (χ1n) is 8.35. The quantitative estimate of drug-likeness (QED) is 0.688. The van der Waals surface area contributed by atoms with Crippen molar-refractivity contribution in [3.05, 3.63) is 70.9 Å². The third kappa shape index (κ3) is 3.72. The zero-order valence-corrected chi connectivity index (χ0v) is 15.0. The van der Waals surface area contributed by atoms with Gasteiger partial charge in [0, 0.05) is 24.4 Å². The molecule has 5 nitrogen and oxygen atoms in total. The van der Waals surface area contributed by atoms with Gasteiger partial charge in [-0.1, -0.05) is 12.1 Å². The molecule has 1 fully saturated rings. The summed E-state index contributed by atoms with van der Waals surface area (Å²) >= 11 is 1.26. The van der Waals surface area contributed by atoms with E-state index >= 15 is 0 Å². The molecule has 0 spiro atoms. The molecule has 27 heavy (non-hydrogen) atoms. The zero-order chi connectivity index (χ0) is 18.8. The summed E-state index contributed by atoms with van der Waals surface area (Å²) < 4.78 is 32.8. The summed E-state index contributed by atoms with van der Waals surface area (Å²) in [6, 6.07) is 8.86. The van der Waals surface area contributed by atoms with Crippen LogP contribution in [0.5, 0.6) is 0 Å². The van der Waals surface area contributed by atoms with E-state index in [1.54, 1.807) is 11.1 Å². The summed E-state index contributed by atoms with van der Waals surface area (Å²) in [5.41, 5.74) is 0.946. The first-order valence-corrected chi connectivity index (χ1v) is 9.16. The van der Waals surface area contributed by atoms with Crippen LogP contribution in [-0.2, 0) is 4.74 Å². The maximum absolute atomic E-state index is 14.0. The highest BCUT2D eigenvalue weighted by atomic mass is 32.1. The first kappa shape index (κ1) is 17.7. The fourth-order valence-corrected chi connectivity index (χ4v) is 3.78. The van der Waals surface area contributed by atoms with Gasteiger partial charge in [-0.2, -0.15) is 0 Å². The zero-order valence-electron chi connectivity index (χ0n) is 14.1. The lowest BCUT2D eigenvalue weighted by Gasteiger charge is -2.33.